The van der Waals surface area contributed by atoms with Crippen LogP contribution in [0.4, 0.5) is 4.79 Å². The number of hydrogen-bond donors (Lipinski definition) is 3. The molecule has 3 N–H and O–H groups in total. The van der Waals surface area contributed by atoms with Crippen LogP contribution in [0.25, 0.3) is 0 Å². The van der Waals surface area contributed by atoms with Crippen LogP contribution in [-0.2, 0) is 30.3 Å². The number of aryl methyl sites for hydroxylation is 1. The Morgan fingerprint density at radius 2 is 1.72 bits per heavy atom. The van der Waals surface area contributed by atoms with Gasteiger partial charge in [0.25, 0.3) is 5.91 Å². The first-order chi connectivity index (χ1) is 18.3. The third kappa shape index (κ3) is 8.78. The minimum Gasteiger partial charge on any atom is -0.508 e. The zero-order chi connectivity index (χ0) is 29.3. The van der Waals surface area contributed by atoms with E-state index < -0.39 is 48.1 Å². The van der Waals surface area contributed by atoms with Gasteiger partial charge in [-0.15, -0.1) is 0 Å². The van der Waals surface area contributed by atoms with Gasteiger partial charge in [-0.2, -0.15) is 0 Å². The van der Waals surface area contributed by atoms with Crippen molar-refractivity contribution in [2.24, 2.45) is 0 Å². The molecule has 0 aromatic heterocycles. The van der Waals surface area contributed by atoms with Crippen LogP contribution in [0, 0.1) is 26.3 Å². The van der Waals surface area contributed by atoms with Gasteiger partial charge in [-0.25, -0.2) is 4.79 Å². The molecule has 0 spiro atoms. The molecule has 10 nitrogen and oxygen atoms in total. The first kappa shape index (κ1) is 30.7. The van der Waals surface area contributed by atoms with Crippen LogP contribution >= 0.6 is 0 Å². The van der Waals surface area contributed by atoms with Gasteiger partial charge < -0.3 is 25.2 Å². The molecule has 3 amide bonds. The Balaban J connectivity index is 2.53. The highest BCUT2D eigenvalue weighted by atomic mass is 16.6. The number of benzene rings is 2. The molecule has 2 rings (SSSR count). The summed E-state index contributed by atoms with van der Waals surface area (Å²) in [5.41, 5.74) is 1.80. The molecule has 0 bridgehead atoms. The van der Waals surface area contributed by atoms with Gasteiger partial charge in [-0.05, 0) is 69.0 Å². The van der Waals surface area contributed by atoms with Crippen molar-refractivity contribution < 1.29 is 33.8 Å². The van der Waals surface area contributed by atoms with E-state index in [1.54, 1.807) is 52.0 Å². The van der Waals surface area contributed by atoms with Gasteiger partial charge in [0, 0.05) is 12.5 Å². The average molecular weight is 538 g/mol. The molecule has 0 radical (unpaired) electrons. The third-order valence-electron chi connectivity index (χ3n) is 5.82. The number of amides is 3. The van der Waals surface area contributed by atoms with Crippen molar-refractivity contribution in [3.05, 3.63) is 64.7 Å². The van der Waals surface area contributed by atoms with Crippen LogP contribution in [0.3, 0.4) is 0 Å². The lowest BCUT2D eigenvalue weighted by Gasteiger charge is -2.31. The van der Waals surface area contributed by atoms with Crippen molar-refractivity contribution in [3.63, 3.8) is 0 Å². The normalized spacial score (nSPS) is 12.3. The fraction of sp³-hybridized carbons (Fsp3) is 0.379. The number of nitrogens with zero attached hydrogens (tertiary/aromatic N) is 1. The van der Waals surface area contributed by atoms with E-state index in [2.05, 4.69) is 21.4 Å². The van der Waals surface area contributed by atoms with Crippen molar-refractivity contribution >= 4 is 23.9 Å². The van der Waals surface area contributed by atoms with Crippen LogP contribution in [0.5, 0.6) is 5.75 Å². The minimum atomic E-state index is -1.32. The molecule has 0 heterocycles. The van der Waals surface area contributed by atoms with Crippen LogP contribution in [-0.4, -0.2) is 59.2 Å². The monoisotopic (exact) mass is 537 g/mol. The molecule has 0 aliphatic carbocycles. The van der Waals surface area contributed by atoms with E-state index in [9.17, 15) is 24.3 Å². The number of rotatable bonds is 9. The topological polar surface area (TPSA) is 134 Å². The molecule has 2 unspecified atom stereocenters. The van der Waals surface area contributed by atoms with E-state index in [1.165, 1.54) is 19.2 Å². The van der Waals surface area contributed by atoms with E-state index in [4.69, 9.17) is 11.2 Å². The predicted molar refractivity (Wildman–Crippen MR) is 144 cm³/mol. The standard InChI is InChI=1S/C29H35N3O7/c1-8-32(25(26(35)30-17-24(34)38-7)22-11-9-10-18(2)19(22)3)27(36)23(31-28(37)39-29(4,5)6)16-20-12-14-21(33)15-13-20/h1,9-15,23,25,33H,16-17H2,2-7H3,(H,30,35)(H,31,37). The summed E-state index contributed by atoms with van der Waals surface area (Å²) in [5, 5.41) is 14.7. The fourth-order valence-electron chi connectivity index (χ4n) is 3.75. The number of ether oxygens (including phenoxy) is 2. The Bertz CT molecular complexity index is 1240. The molecular formula is C29H35N3O7. The molecule has 2 aromatic rings. The van der Waals surface area contributed by atoms with E-state index >= 15 is 0 Å². The summed E-state index contributed by atoms with van der Waals surface area (Å²) in [6.45, 7) is 8.24. The molecule has 2 atom stereocenters. The van der Waals surface area contributed by atoms with E-state index in [0.29, 0.717) is 11.1 Å². The maximum Gasteiger partial charge on any atom is 0.408 e. The van der Waals surface area contributed by atoms with Crippen LogP contribution in [0.15, 0.2) is 42.5 Å². The number of nitrogens with one attached hydrogen (secondary N) is 2. The van der Waals surface area contributed by atoms with Crippen molar-refractivity contribution in [2.45, 2.75) is 58.7 Å². The van der Waals surface area contributed by atoms with Crippen molar-refractivity contribution in [2.75, 3.05) is 13.7 Å². The van der Waals surface area contributed by atoms with Crippen LogP contribution < -0.4 is 10.6 Å². The number of carbonyl (C=O) groups is 4. The van der Waals surface area contributed by atoms with Gasteiger partial charge in [0.1, 0.15) is 30.0 Å². The number of terminal acetylenes is 1. The van der Waals surface area contributed by atoms with E-state index in [-0.39, 0.29) is 12.2 Å². The van der Waals surface area contributed by atoms with Gasteiger partial charge in [0.05, 0.1) is 7.11 Å². The summed E-state index contributed by atoms with van der Waals surface area (Å²) in [6.07, 6.45) is 4.94. The lowest BCUT2D eigenvalue weighted by atomic mass is 9.95. The molecular weight excluding hydrogens is 502 g/mol. The molecule has 0 saturated carbocycles. The van der Waals surface area contributed by atoms with E-state index in [0.717, 1.165) is 16.0 Å². The number of phenols is 1. The molecule has 39 heavy (non-hydrogen) atoms. The van der Waals surface area contributed by atoms with Gasteiger partial charge in [-0.3, -0.25) is 19.3 Å². The smallest absolute Gasteiger partial charge is 0.408 e. The molecule has 0 aliphatic rings. The molecule has 10 heteroatoms. The Kier molecular flexibility index (Phi) is 10.5. The number of hydrogen-bond acceptors (Lipinski definition) is 7. The third-order valence-corrected chi connectivity index (χ3v) is 5.82. The minimum absolute atomic E-state index is 0.0141. The van der Waals surface area contributed by atoms with Gasteiger partial charge in [-0.1, -0.05) is 36.8 Å². The molecule has 2 aromatic carbocycles. The Morgan fingerprint density at radius 3 is 2.28 bits per heavy atom. The maximum absolute atomic E-state index is 13.9. The molecule has 0 saturated heterocycles. The predicted octanol–water partition coefficient (Wildman–Crippen LogP) is 2.89. The lowest BCUT2D eigenvalue weighted by molar-refractivity contribution is -0.142. The maximum atomic E-state index is 13.9. The number of esters is 1. The molecule has 0 aliphatic heterocycles. The summed E-state index contributed by atoms with van der Waals surface area (Å²) >= 11 is 0. The van der Waals surface area contributed by atoms with E-state index in [1.807, 2.05) is 13.0 Å². The second-order valence-electron chi connectivity index (χ2n) is 9.89. The first-order valence-corrected chi connectivity index (χ1v) is 12.2. The molecule has 0 fully saturated rings. The zero-order valence-corrected chi connectivity index (χ0v) is 23.0. The van der Waals surface area contributed by atoms with Crippen LogP contribution in [0.1, 0.15) is 49.1 Å². The summed E-state index contributed by atoms with van der Waals surface area (Å²) in [4.78, 5) is 52.6. The first-order valence-electron chi connectivity index (χ1n) is 12.2. The van der Waals surface area contributed by atoms with Gasteiger partial charge in [0.2, 0.25) is 5.91 Å². The highest BCUT2D eigenvalue weighted by molar-refractivity contribution is 5.94. The number of phenolic OH excluding ortho intramolecular Hbond substituents is 1. The summed E-state index contributed by atoms with van der Waals surface area (Å²) in [5.74, 6) is -2.11. The Hall–Kier alpha value is -4.52. The Labute approximate surface area is 228 Å². The second kappa shape index (κ2) is 13.3. The lowest BCUT2D eigenvalue weighted by Crippen LogP contribution is -2.52. The largest absolute Gasteiger partial charge is 0.508 e. The highest BCUT2D eigenvalue weighted by Gasteiger charge is 2.37. The summed E-state index contributed by atoms with van der Waals surface area (Å²) < 4.78 is 9.96. The van der Waals surface area contributed by atoms with Crippen LogP contribution in [0.2, 0.25) is 0 Å². The number of aromatic hydroxyl groups is 1. The Morgan fingerprint density at radius 1 is 1.08 bits per heavy atom. The van der Waals surface area contributed by atoms with Gasteiger partial charge >= 0.3 is 12.1 Å². The molecule has 208 valence electrons. The number of alkyl carbamates (subject to hydrolysis) is 1. The highest BCUT2D eigenvalue weighted by Crippen LogP contribution is 2.27. The number of carbonyl (C=O) groups excluding carboxylic acids is 4. The second-order valence-corrected chi connectivity index (χ2v) is 9.89. The number of methoxy groups -OCH3 is 1. The van der Waals surface area contributed by atoms with Crippen molar-refractivity contribution in [1.82, 2.24) is 15.5 Å². The zero-order valence-electron chi connectivity index (χ0n) is 23.0. The summed E-state index contributed by atoms with van der Waals surface area (Å²) in [6, 6.07) is 11.1. The SMILES string of the molecule is C#CN(C(=O)C(Cc1ccc(O)cc1)NC(=O)OC(C)(C)C)C(C(=O)NCC(=O)OC)c1cccc(C)c1C. The van der Waals surface area contributed by atoms with Crippen molar-refractivity contribution in [3.8, 4) is 18.2 Å². The summed E-state index contributed by atoms with van der Waals surface area (Å²) in [7, 11) is 1.18. The average Bonchev–Trinajstić information content (AvgIpc) is 2.87. The fourth-order valence-corrected chi connectivity index (χ4v) is 3.75. The van der Waals surface area contributed by atoms with Crippen molar-refractivity contribution in [1.29, 1.82) is 0 Å². The quantitative estimate of drug-likeness (QED) is 0.254. The van der Waals surface area contributed by atoms with Gasteiger partial charge in [0.15, 0.2) is 0 Å².